The van der Waals surface area contributed by atoms with Crippen molar-refractivity contribution in [3.8, 4) is 0 Å². The summed E-state index contributed by atoms with van der Waals surface area (Å²) in [7, 11) is 0. The van der Waals surface area contributed by atoms with Gasteiger partial charge in [-0.05, 0) is 28.5 Å². The second-order valence-corrected chi connectivity index (χ2v) is 6.78. The summed E-state index contributed by atoms with van der Waals surface area (Å²) in [6, 6.07) is 8.77. The third-order valence-electron chi connectivity index (χ3n) is 3.44. The van der Waals surface area contributed by atoms with E-state index >= 15 is 0 Å². The first kappa shape index (κ1) is 18.9. The van der Waals surface area contributed by atoms with Gasteiger partial charge in [0, 0.05) is 23.3 Å². The van der Waals surface area contributed by atoms with E-state index in [0.717, 1.165) is 4.90 Å². The van der Waals surface area contributed by atoms with Gasteiger partial charge in [-0.25, -0.2) is 4.63 Å². The zero-order chi connectivity index (χ0) is 19.4. The van der Waals surface area contributed by atoms with Crippen LogP contribution in [-0.4, -0.2) is 34.4 Å². The summed E-state index contributed by atoms with van der Waals surface area (Å²) in [4.78, 5) is 23.2. The molecule has 2 aromatic carbocycles. The number of rotatable bonds is 7. The first-order valence-electron chi connectivity index (χ1n) is 7.70. The van der Waals surface area contributed by atoms with Crippen molar-refractivity contribution in [1.82, 2.24) is 10.3 Å². The van der Waals surface area contributed by atoms with Crippen molar-refractivity contribution in [3.63, 3.8) is 0 Å². The number of fused-ring (bicyclic) bond motifs is 1. The zero-order valence-electron chi connectivity index (χ0n) is 14.0. The Balaban J connectivity index is 1.99. The number of hydrogen-bond donors (Lipinski definition) is 1. The molecule has 9 nitrogen and oxygen atoms in total. The average Bonchev–Trinajstić information content (AvgIpc) is 3.09. The van der Waals surface area contributed by atoms with Crippen LogP contribution >= 0.6 is 23.4 Å². The fraction of sp³-hybridized carbons (Fsp3) is 0.188. The topological polar surface area (TPSA) is 120 Å². The van der Waals surface area contributed by atoms with Crippen molar-refractivity contribution >= 4 is 51.7 Å². The number of nitrogens with one attached hydrogen (secondary N) is 1. The van der Waals surface area contributed by atoms with Gasteiger partial charge in [-0.15, -0.1) is 0 Å². The number of nitro groups is 1. The molecule has 0 spiro atoms. The van der Waals surface area contributed by atoms with Crippen LogP contribution < -0.4 is 5.32 Å². The predicted octanol–water partition coefficient (Wildman–Crippen LogP) is 3.91. The van der Waals surface area contributed by atoms with Crippen LogP contribution in [0.4, 0.5) is 11.4 Å². The lowest BCUT2D eigenvalue weighted by atomic mass is 10.2. The molecule has 1 heterocycles. The maximum Gasteiger partial charge on any atom is 0.323 e. The van der Waals surface area contributed by atoms with Crippen LogP contribution in [0.3, 0.4) is 0 Å². The molecule has 1 N–H and O–H groups in total. The zero-order valence-corrected chi connectivity index (χ0v) is 15.5. The van der Waals surface area contributed by atoms with E-state index in [1.165, 1.54) is 18.7 Å². The standard InChI is InChI=1S/C16H13ClN4O5S/c1-9(22)25-7-6-18-11-8-13(27-12-5-3-2-4-10(12)17)14-15(20-26-19-14)16(11)21(23)24/h2-5,8,18H,6-7H2,1H3. The Morgan fingerprint density at radius 2 is 2.07 bits per heavy atom. The Morgan fingerprint density at radius 1 is 1.33 bits per heavy atom. The number of carbonyl (C=O) groups excluding carboxylic acids is 1. The minimum atomic E-state index is -0.565. The number of halogens is 1. The van der Waals surface area contributed by atoms with E-state index in [4.69, 9.17) is 21.0 Å². The number of nitrogens with zero attached hydrogens (tertiary/aromatic N) is 3. The normalized spacial score (nSPS) is 10.7. The first-order chi connectivity index (χ1) is 13.0. The van der Waals surface area contributed by atoms with Crippen LogP contribution in [-0.2, 0) is 9.53 Å². The fourth-order valence-electron chi connectivity index (χ4n) is 2.32. The van der Waals surface area contributed by atoms with Gasteiger partial charge in [0.2, 0.25) is 5.52 Å². The SMILES string of the molecule is CC(=O)OCCNc1cc(Sc2ccccc2Cl)c2nonc2c1[N+](=O)[O-]. The summed E-state index contributed by atoms with van der Waals surface area (Å²) in [6.07, 6.45) is 0. The fourth-order valence-corrected chi connectivity index (χ4v) is 3.53. The van der Waals surface area contributed by atoms with E-state index in [0.29, 0.717) is 9.92 Å². The largest absolute Gasteiger partial charge is 0.464 e. The molecule has 0 aliphatic rings. The molecular weight excluding hydrogens is 396 g/mol. The summed E-state index contributed by atoms with van der Waals surface area (Å²) in [6.45, 7) is 1.54. The lowest BCUT2D eigenvalue weighted by molar-refractivity contribution is -0.382. The second-order valence-electron chi connectivity index (χ2n) is 5.29. The molecule has 0 atom stereocenters. The third kappa shape index (κ3) is 4.29. The van der Waals surface area contributed by atoms with E-state index in [1.54, 1.807) is 18.2 Å². The molecule has 0 saturated heterocycles. The molecule has 11 heteroatoms. The highest BCUT2D eigenvalue weighted by atomic mass is 35.5. The van der Waals surface area contributed by atoms with Crippen LogP contribution in [0.1, 0.15) is 6.92 Å². The van der Waals surface area contributed by atoms with Gasteiger partial charge in [-0.1, -0.05) is 35.5 Å². The number of hydrogen-bond acceptors (Lipinski definition) is 9. The molecule has 0 bridgehead atoms. The van der Waals surface area contributed by atoms with E-state index in [2.05, 4.69) is 15.6 Å². The Morgan fingerprint density at radius 3 is 2.78 bits per heavy atom. The van der Waals surface area contributed by atoms with Gasteiger partial charge in [0.1, 0.15) is 12.3 Å². The van der Waals surface area contributed by atoms with Gasteiger partial charge >= 0.3 is 11.7 Å². The smallest absolute Gasteiger partial charge is 0.323 e. The number of anilines is 1. The van der Waals surface area contributed by atoms with Crippen LogP contribution in [0, 0.1) is 10.1 Å². The summed E-state index contributed by atoms with van der Waals surface area (Å²) in [5, 5.41) is 22.5. The molecule has 0 saturated carbocycles. The van der Waals surface area contributed by atoms with Crippen LogP contribution in [0.5, 0.6) is 0 Å². The van der Waals surface area contributed by atoms with Gasteiger partial charge in [0.15, 0.2) is 5.52 Å². The molecule has 0 fully saturated rings. The van der Waals surface area contributed by atoms with Gasteiger partial charge in [-0.2, -0.15) is 0 Å². The van der Waals surface area contributed by atoms with E-state index in [-0.39, 0.29) is 35.6 Å². The summed E-state index contributed by atoms with van der Waals surface area (Å²) in [5.41, 5.74) is 0.228. The molecule has 140 valence electrons. The highest BCUT2D eigenvalue weighted by Gasteiger charge is 2.26. The van der Waals surface area contributed by atoms with Crippen LogP contribution in [0.15, 0.2) is 44.8 Å². The summed E-state index contributed by atoms with van der Waals surface area (Å²) in [5.74, 6) is -0.433. The monoisotopic (exact) mass is 408 g/mol. The number of benzene rings is 2. The maximum atomic E-state index is 11.5. The molecule has 0 unspecified atom stereocenters. The molecular formula is C16H13ClN4O5S. The minimum absolute atomic E-state index is 0.0204. The van der Waals surface area contributed by atoms with Crippen molar-refractivity contribution in [1.29, 1.82) is 0 Å². The second kappa shape index (κ2) is 8.23. The third-order valence-corrected chi connectivity index (χ3v) is 4.99. The number of esters is 1. The molecule has 0 aliphatic heterocycles. The van der Waals surface area contributed by atoms with Gasteiger partial charge in [-0.3, -0.25) is 14.9 Å². The molecule has 0 radical (unpaired) electrons. The Labute approximate surface area is 162 Å². The van der Waals surface area contributed by atoms with E-state index in [1.807, 2.05) is 12.1 Å². The van der Waals surface area contributed by atoms with Crippen molar-refractivity contribution in [2.45, 2.75) is 16.7 Å². The van der Waals surface area contributed by atoms with Crippen molar-refractivity contribution in [3.05, 3.63) is 45.5 Å². The quantitative estimate of drug-likeness (QED) is 0.268. The maximum absolute atomic E-state index is 11.5. The average molecular weight is 409 g/mol. The molecule has 0 amide bonds. The van der Waals surface area contributed by atoms with Crippen molar-refractivity contribution < 1.29 is 19.1 Å². The Kier molecular flexibility index (Phi) is 5.77. The van der Waals surface area contributed by atoms with Gasteiger partial charge < -0.3 is 10.1 Å². The number of aromatic nitrogens is 2. The summed E-state index contributed by atoms with van der Waals surface area (Å²) >= 11 is 7.48. The molecule has 1 aromatic heterocycles. The number of nitro benzene ring substituents is 1. The lowest BCUT2D eigenvalue weighted by Gasteiger charge is -2.10. The van der Waals surface area contributed by atoms with Crippen LogP contribution in [0.2, 0.25) is 5.02 Å². The van der Waals surface area contributed by atoms with E-state index in [9.17, 15) is 14.9 Å². The van der Waals surface area contributed by atoms with Crippen molar-refractivity contribution in [2.24, 2.45) is 0 Å². The highest BCUT2D eigenvalue weighted by Crippen LogP contribution is 2.42. The highest BCUT2D eigenvalue weighted by molar-refractivity contribution is 7.99. The minimum Gasteiger partial charge on any atom is -0.464 e. The predicted molar refractivity (Wildman–Crippen MR) is 99.2 cm³/mol. The number of carbonyl (C=O) groups is 1. The van der Waals surface area contributed by atoms with Crippen LogP contribution in [0.25, 0.3) is 11.0 Å². The summed E-state index contributed by atoms with van der Waals surface area (Å²) < 4.78 is 9.57. The van der Waals surface area contributed by atoms with Crippen molar-refractivity contribution in [2.75, 3.05) is 18.5 Å². The Hall–Kier alpha value is -2.85. The van der Waals surface area contributed by atoms with Gasteiger partial charge in [0.25, 0.3) is 0 Å². The molecule has 3 rings (SSSR count). The first-order valence-corrected chi connectivity index (χ1v) is 8.90. The number of ether oxygens (including phenoxy) is 1. The molecule has 3 aromatic rings. The molecule has 0 aliphatic carbocycles. The molecule has 27 heavy (non-hydrogen) atoms. The van der Waals surface area contributed by atoms with E-state index < -0.39 is 10.9 Å². The lowest BCUT2D eigenvalue weighted by Crippen LogP contribution is -2.13. The van der Waals surface area contributed by atoms with Gasteiger partial charge in [0.05, 0.1) is 9.95 Å². The Bertz CT molecular complexity index is 1010.